The zero-order chi connectivity index (χ0) is 29.9. The molecule has 0 aliphatic carbocycles. The third-order valence-electron chi connectivity index (χ3n) is 8.89. The molecular formula is C35H38N4O4. The number of nitrogens with two attached hydrogens (primary N) is 1. The van der Waals surface area contributed by atoms with E-state index in [1.165, 1.54) is 0 Å². The van der Waals surface area contributed by atoms with Crippen molar-refractivity contribution in [1.29, 1.82) is 0 Å². The highest BCUT2D eigenvalue weighted by molar-refractivity contribution is 5.93. The molecule has 4 atom stereocenters. The predicted molar refractivity (Wildman–Crippen MR) is 168 cm³/mol. The van der Waals surface area contributed by atoms with Gasteiger partial charge in [-0.2, -0.15) is 5.10 Å². The number of rotatable bonds is 8. The van der Waals surface area contributed by atoms with Crippen LogP contribution in [0, 0.1) is 11.8 Å². The Kier molecular flexibility index (Phi) is 8.22. The molecule has 8 nitrogen and oxygen atoms in total. The number of piperidine rings is 2. The van der Waals surface area contributed by atoms with E-state index in [-0.39, 0.29) is 36.0 Å². The quantitative estimate of drug-likeness (QED) is 0.181. The Balaban J connectivity index is 1.52. The lowest BCUT2D eigenvalue weighted by Crippen LogP contribution is -2.60. The molecule has 6 rings (SSSR count). The van der Waals surface area contributed by atoms with Crippen LogP contribution in [0.1, 0.15) is 46.4 Å². The van der Waals surface area contributed by atoms with Crippen LogP contribution < -0.4 is 35.4 Å². The SMILES string of the molecule is COc1ccc(C2NC(c3ccc(OC)cc3)C3C(=NN)C2C(c2ccc(OC)cc2)NC3c2ccc(OC)cc2)cc1. The fourth-order valence-electron chi connectivity index (χ4n) is 6.72. The monoisotopic (exact) mass is 578 g/mol. The Bertz CT molecular complexity index is 1320. The van der Waals surface area contributed by atoms with Gasteiger partial charge in [0.15, 0.2) is 0 Å². The standard InChI is InChI=1S/C35H38N4O4/c1-40-25-13-5-21(6-14-25)31-29-32(22-7-15-26(41-2)16-8-22)38-34(24-11-19-28(43-4)20-12-24)30(35(29)39-36)33(37-31)23-9-17-27(42-3)18-10-23/h5-20,29-34,37-38H,36H2,1-4H3. The predicted octanol–water partition coefficient (Wildman–Crippen LogP) is 5.74. The number of nitrogens with zero attached hydrogens (tertiary/aromatic N) is 1. The molecule has 222 valence electrons. The van der Waals surface area contributed by atoms with Crippen molar-refractivity contribution in [2.75, 3.05) is 28.4 Å². The van der Waals surface area contributed by atoms with Crippen molar-refractivity contribution in [3.8, 4) is 23.0 Å². The second-order valence-electron chi connectivity index (χ2n) is 10.9. The summed E-state index contributed by atoms with van der Waals surface area (Å²) in [6.45, 7) is 0. The fourth-order valence-corrected chi connectivity index (χ4v) is 6.72. The lowest BCUT2D eigenvalue weighted by molar-refractivity contribution is 0.158. The second kappa shape index (κ2) is 12.4. The zero-order valence-corrected chi connectivity index (χ0v) is 24.9. The lowest BCUT2D eigenvalue weighted by atomic mass is 9.63. The highest BCUT2D eigenvalue weighted by atomic mass is 16.5. The first-order chi connectivity index (χ1) is 21.1. The van der Waals surface area contributed by atoms with Gasteiger partial charge in [0.1, 0.15) is 23.0 Å². The molecule has 4 aromatic carbocycles. The van der Waals surface area contributed by atoms with Crippen LogP contribution in [-0.2, 0) is 0 Å². The number of benzene rings is 4. The highest BCUT2D eigenvalue weighted by Crippen LogP contribution is 2.52. The maximum atomic E-state index is 6.39. The summed E-state index contributed by atoms with van der Waals surface area (Å²) < 4.78 is 21.9. The van der Waals surface area contributed by atoms with Crippen LogP contribution >= 0.6 is 0 Å². The van der Waals surface area contributed by atoms with Gasteiger partial charge in [-0.05, 0) is 70.8 Å². The average molecular weight is 579 g/mol. The molecule has 8 heteroatoms. The van der Waals surface area contributed by atoms with Gasteiger partial charge in [-0.25, -0.2) is 0 Å². The molecule has 2 bridgehead atoms. The summed E-state index contributed by atoms with van der Waals surface area (Å²) in [6.07, 6.45) is 0. The van der Waals surface area contributed by atoms with Crippen molar-refractivity contribution < 1.29 is 18.9 Å². The van der Waals surface area contributed by atoms with Gasteiger partial charge in [0.05, 0.1) is 34.2 Å². The van der Waals surface area contributed by atoms with Crippen molar-refractivity contribution in [1.82, 2.24) is 10.6 Å². The molecule has 4 aromatic rings. The van der Waals surface area contributed by atoms with E-state index >= 15 is 0 Å². The summed E-state index contributed by atoms with van der Waals surface area (Å²) in [7, 11) is 6.73. The topological polar surface area (TPSA) is 99.4 Å². The van der Waals surface area contributed by atoms with Gasteiger partial charge >= 0.3 is 0 Å². The summed E-state index contributed by atoms with van der Waals surface area (Å²) in [4.78, 5) is 0. The number of methoxy groups -OCH3 is 4. The van der Waals surface area contributed by atoms with E-state index in [4.69, 9.17) is 24.8 Å². The number of ether oxygens (including phenoxy) is 4. The van der Waals surface area contributed by atoms with Crippen LogP contribution in [0.2, 0.25) is 0 Å². The third-order valence-corrected chi connectivity index (χ3v) is 8.89. The summed E-state index contributed by atoms with van der Waals surface area (Å²) in [6, 6.07) is 32.6. The van der Waals surface area contributed by atoms with Crippen LogP contribution in [0.25, 0.3) is 0 Å². The van der Waals surface area contributed by atoms with Gasteiger partial charge in [-0.3, -0.25) is 0 Å². The molecular weight excluding hydrogens is 540 g/mol. The minimum Gasteiger partial charge on any atom is -0.497 e. The zero-order valence-electron chi connectivity index (χ0n) is 24.9. The number of hydrogen-bond acceptors (Lipinski definition) is 8. The molecule has 4 unspecified atom stereocenters. The number of nitrogens with one attached hydrogen (secondary N) is 2. The molecule has 2 aliphatic rings. The molecule has 0 amide bonds. The van der Waals surface area contributed by atoms with Crippen LogP contribution in [0.15, 0.2) is 102 Å². The van der Waals surface area contributed by atoms with Gasteiger partial charge in [-0.1, -0.05) is 48.5 Å². The van der Waals surface area contributed by atoms with Crippen molar-refractivity contribution in [2.45, 2.75) is 24.2 Å². The molecule has 0 spiro atoms. The molecule has 2 saturated heterocycles. The number of hydrogen-bond donors (Lipinski definition) is 3. The first kappa shape index (κ1) is 28.6. The Hall–Kier alpha value is -4.53. The van der Waals surface area contributed by atoms with E-state index in [0.29, 0.717) is 0 Å². The van der Waals surface area contributed by atoms with Crippen LogP contribution in [0.5, 0.6) is 23.0 Å². The molecule has 2 aliphatic heterocycles. The highest BCUT2D eigenvalue weighted by Gasteiger charge is 2.53. The molecule has 0 aromatic heterocycles. The number of hydrazone groups is 1. The molecule has 4 N–H and O–H groups in total. The summed E-state index contributed by atoms with van der Waals surface area (Å²) in [5.74, 6) is 9.49. The summed E-state index contributed by atoms with van der Waals surface area (Å²) in [5.41, 5.74) is 5.50. The van der Waals surface area contributed by atoms with E-state index < -0.39 is 0 Å². The van der Waals surface area contributed by atoms with Gasteiger partial charge in [-0.15, -0.1) is 0 Å². The van der Waals surface area contributed by atoms with Gasteiger partial charge in [0.2, 0.25) is 0 Å². The van der Waals surface area contributed by atoms with E-state index in [1.54, 1.807) is 28.4 Å². The second-order valence-corrected chi connectivity index (χ2v) is 10.9. The van der Waals surface area contributed by atoms with Crippen LogP contribution in [-0.4, -0.2) is 34.2 Å². The minimum atomic E-state index is -0.0898. The van der Waals surface area contributed by atoms with Crippen molar-refractivity contribution in [2.24, 2.45) is 22.8 Å². The minimum absolute atomic E-state index is 0.0687. The molecule has 2 heterocycles. The maximum Gasteiger partial charge on any atom is 0.118 e. The van der Waals surface area contributed by atoms with Crippen LogP contribution in [0.3, 0.4) is 0 Å². The van der Waals surface area contributed by atoms with Gasteiger partial charge in [0, 0.05) is 36.0 Å². The van der Waals surface area contributed by atoms with E-state index in [0.717, 1.165) is 51.0 Å². The van der Waals surface area contributed by atoms with E-state index in [2.05, 4.69) is 64.3 Å². The van der Waals surface area contributed by atoms with E-state index in [9.17, 15) is 0 Å². The Labute approximate surface area is 252 Å². The molecule has 0 radical (unpaired) electrons. The summed E-state index contributed by atoms with van der Waals surface area (Å²) >= 11 is 0. The average Bonchev–Trinajstić information content (AvgIpc) is 3.08. The Morgan fingerprint density at radius 1 is 0.442 bits per heavy atom. The number of fused-ring (bicyclic) bond motifs is 2. The first-order valence-corrected chi connectivity index (χ1v) is 14.4. The van der Waals surface area contributed by atoms with Gasteiger partial charge in [0.25, 0.3) is 0 Å². The Morgan fingerprint density at radius 2 is 0.674 bits per heavy atom. The smallest absolute Gasteiger partial charge is 0.118 e. The fraction of sp³-hybridized carbons (Fsp3) is 0.286. The largest absolute Gasteiger partial charge is 0.497 e. The van der Waals surface area contributed by atoms with Crippen molar-refractivity contribution >= 4 is 5.71 Å². The molecule has 0 saturated carbocycles. The van der Waals surface area contributed by atoms with Gasteiger partial charge < -0.3 is 35.4 Å². The van der Waals surface area contributed by atoms with Crippen molar-refractivity contribution in [3.63, 3.8) is 0 Å². The lowest BCUT2D eigenvalue weighted by Gasteiger charge is -2.54. The molecule has 43 heavy (non-hydrogen) atoms. The first-order valence-electron chi connectivity index (χ1n) is 14.4. The third kappa shape index (κ3) is 5.40. The maximum absolute atomic E-state index is 6.39. The van der Waals surface area contributed by atoms with E-state index in [1.807, 2.05) is 48.5 Å². The normalized spacial score (nSPS) is 24.6. The Morgan fingerprint density at radius 3 is 0.860 bits per heavy atom. The van der Waals surface area contributed by atoms with Crippen molar-refractivity contribution in [3.05, 3.63) is 119 Å². The molecule has 2 fully saturated rings. The summed E-state index contributed by atoms with van der Waals surface area (Å²) in [5, 5.41) is 12.7. The van der Waals surface area contributed by atoms with Crippen LogP contribution in [0.4, 0.5) is 0 Å².